The van der Waals surface area contributed by atoms with E-state index in [-0.39, 0.29) is 19.0 Å². The van der Waals surface area contributed by atoms with Gasteiger partial charge >= 0.3 is 0 Å². The molecule has 0 atom stereocenters. The molecule has 0 bridgehead atoms. The van der Waals surface area contributed by atoms with Crippen LogP contribution >= 0.6 is 0 Å². The van der Waals surface area contributed by atoms with Gasteiger partial charge < -0.3 is 10.1 Å². The topological polar surface area (TPSA) is 55.4 Å². The van der Waals surface area contributed by atoms with E-state index in [2.05, 4.69) is 5.32 Å². The number of ether oxygens (including phenoxy) is 1. The minimum absolute atomic E-state index is 0. The first-order valence-electron chi connectivity index (χ1n) is 5.45. The van der Waals surface area contributed by atoms with Gasteiger partial charge in [0.15, 0.2) is 0 Å². The first-order valence-corrected chi connectivity index (χ1v) is 5.45. The Kier molecular flexibility index (Phi) is 7.91. The van der Waals surface area contributed by atoms with Gasteiger partial charge in [0.1, 0.15) is 5.78 Å². The quantitative estimate of drug-likeness (QED) is 0.625. The second-order valence-corrected chi connectivity index (χ2v) is 3.69. The molecule has 0 heterocycles. The van der Waals surface area contributed by atoms with Crippen molar-refractivity contribution in [1.82, 2.24) is 5.32 Å². The Bertz CT molecular complexity index is 207. The average molecular weight is 217 g/mol. The van der Waals surface area contributed by atoms with Crippen LogP contribution in [0.1, 0.15) is 35.0 Å². The molecule has 0 aliphatic heterocycles. The number of Topliss-reactive ketones (excluding diaryl/α,β-unsaturated/α-hetero) is 1. The molecule has 0 aromatic rings. The number of nitrogens with one attached hydrogen (secondary N) is 1. The molecule has 1 N–H and O–H groups in total. The Morgan fingerprint density at radius 1 is 1.33 bits per heavy atom. The molecule has 0 spiro atoms. The maximum atomic E-state index is 11.2. The normalized spacial score (nSPS) is 10.4. The predicted octanol–water partition coefficient (Wildman–Crippen LogP) is 1.39. The van der Waals surface area contributed by atoms with Crippen LogP contribution in [0.3, 0.4) is 0 Å². The minimum Gasteiger partial charge on any atom is -0.379 e. The molecule has 0 radical (unpaired) electrons. The molecule has 0 rings (SSSR count). The van der Waals surface area contributed by atoms with Crippen LogP contribution in [0.4, 0.5) is 0 Å². The highest BCUT2D eigenvalue weighted by atomic mass is 16.5. The van der Waals surface area contributed by atoms with Crippen molar-refractivity contribution < 1.29 is 15.8 Å². The van der Waals surface area contributed by atoms with Crippen LogP contribution in [0.5, 0.6) is 0 Å². The highest BCUT2D eigenvalue weighted by Gasteiger charge is 2.06. The third-order valence-corrected chi connectivity index (χ3v) is 2.03. The van der Waals surface area contributed by atoms with Gasteiger partial charge in [0.05, 0.1) is 13.2 Å². The van der Waals surface area contributed by atoms with Gasteiger partial charge in [0, 0.05) is 26.7 Å². The number of hydrogen-bond donors (Lipinski definition) is 1. The van der Waals surface area contributed by atoms with E-state index in [1.54, 1.807) is 6.92 Å². The Hall–Kier alpha value is -0.900. The lowest BCUT2D eigenvalue weighted by molar-refractivity contribution is -0.123. The Labute approximate surface area is 92.9 Å². The van der Waals surface area contributed by atoms with E-state index in [1.165, 1.54) is 0 Å². The minimum atomic E-state index is 0. The van der Waals surface area contributed by atoms with Crippen molar-refractivity contribution in [2.24, 2.45) is 5.92 Å². The van der Waals surface area contributed by atoms with E-state index in [1.807, 2.05) is 13.8 Å². The molecule has 0 saturated heterocycles. The van der Waals surface area contributed by atoms with Crippen LogP contribution in [0.25, 0.3) is 0 Å². The van der Waals surface area contributed by atoms with Crippen molar-refractivity contribution in [2.75, 3.05) is 19.8 Å². The molecular weight excluding hydrogens is 194 g/mol. The van der Waals surface area contributed by atoms with E-state index in [0.29, 0.717) is 32.6 Å². The summed E-state index contributed by atoms with van der Waals surface area (Å²) in [5.74, 6) is 0.317. The average Bonchev–Trinajstić information content (AvgIpc) is 2.22. The lowest BCUT2D eigenvalue weighted by Gasteiger charge is -2.06. The van der Waals surface area contributed by atoms with Crippen molar-refractivity contribution in [1.29, 1.82) is 0 Å². The SMILES string of the molecule is CCC(=O)NCCOCCC(=O)C(C)C.[HH]. The first-order chi connectivity index (χ1) is 7.07. The van der Waals surface area contributed by atoms with E-state index in [0.717, 1.165) is 0 Å². The fourth-order valence-corrected chi connectivity index (χ4v) is 0.951. The molecule has 0 aliphatic rings. The zero-order valence-electron chi connectivity index (χ0n) is 9.84. The third kappa shape index (κ3) is 8.12. The molecule has 90 valence electrons. The molecular formula is C11H23NO3. The number of ketones is 1. The molecule has 0 aliphatic carbocycles. The molecule has 4 nitrogen and oxygen atoms in total. The molecule has 0 unspecified atom stereocenters. The van der Waals surface area contributed by atoms with Gasteiger partial charge in [0.2, 0.25) is 5.91 Å². The van der Waals surface area contributed by atoms with Gasteiger partial charge in [-0.3, -0.25) is 9.59 Å². The van der Waals surface area contributed by atoms with E-state index >= 15 is 0 Å². The standard InChI is InChI=1S/C11H21NO3.H2/c1-4-11(14)12-6-8-15-7-5-10(13)9(2)3;/h9H,4-8H2,1-3H3,(H,12,14);1H. The van der Waals surface area contributed by atoms with Crippen LogP contribution in [-0.2, 0) is 14.3 Å². The Morgan fingerprint density at radius 2 is 2.00 bits per heavy atom. The van der Waals surface area contributed by atoms with Crippen molar-refractivity contribution in [3.05, 3.63) is 0 Å². The molecule has 1 amide bonds. The van der Waals surface area contributed by atoms with Gasteiger partial charge in [-0.2, -0.15) is 0 Å². The smallest absolute Gasteiger partial charge is 0.219 e. The van der Waals surface area contributed by atoms with E-state index < -0.39 is 0 Å². The molecule has 0 saturated carbocycles. The van der Waals surface area contributed by atoms with Crippen molar-refractivity contribution >= 4 is 11.7 Å². The van der Waals surface area contributed by atoms with Crippen LogP contribution in [0, 0.1) is 5.92 Å². The second kappa shape index (κ2) is 8.41. The molecule has 0 fully saturated rings. The first kappa shape index (κ1) is 14.1. The largest absolute Gasteiger partial charge is 0.379 e. The highest BCUT2D eigenvalue weighted by Crippen LogP contribution is 1.98. The number of hydrogen-bond acceptors (Lipinski definition) is 3. The summed E-state index contributed by atoms with van der Waals surface area (Å²) in [6.07, 6.45) is 0.950. The van der Waals surface area contributed by atoms with Crippen molar-refractivity contribution in [2.45, 2.75) is 33.6 Å². The summed E-state index contributed by atoms with van der Waals surface area (Å²) in [5.41, 5.74) is 0. The van der Waals surface area contributed by atoms with Gasteiger partial charge in [-0.1, -0.05) is 20.8 Å². The second-order valence-electron chi connectivity index (χ2n) is 3.69. The fraction of sp³-hybridized carbons (Fsp3) is 0.818. The zero-order chi connectivity index (χ0) is 11.7. The summed E-state index contributed by atoms with van der Waals surface area (Å²) in [5, 5.41) is 2.69. The number of carbonyl (C=O) groups excluding carboxylic acids is 2. The third-order valence-electron chi connectivity index (χ3n) is 2.03. The van der Waals surface area contributed by atoms with Gasteiger partial charge in [0.25, 0.3) is 0 Å². The van der Waals surface area contributed by atoms with Gasteiger partial charge in [-0.05, 0) is 0 Å². The molecule has 15 heavy (non-hydrogen) atoms. The number of carbonyl (C=O) groups is 2. The van der Waals surface area contributed by atoms with Crippen LogP contribution < -0.4 is 5.32 Å². The van der Waals surface area contributed by atoms with Crippen molar-refractivity contribution in [3.8, 4) is 0 Å². The summed E-state index contributed by atoms with van der Waals surface area (Å²) in [6, 6.07) is 0. The summed E-state index contributed by atoms with van der Waals surface area (Å²) in [6.45, 7) is 6.99. The van der Waals surface area contributed by atoms with Crippen molar-refractivity contribution in [3.63, 3.8) is 0 Å². The van der Waals surface area contributed by atoms with E-state index in [4.69, 9.17) is 4.74 Å². The maximum Gasteiger partial charge on any atom is 0.219 e. The van der Waals surface area contributed by atoms with Crippen LogP contribution in [0.2, 0.25) is 0 Å². The summed E-state index contributed by atoms with van der Waals surface area (Å²) in [7, 11) is 0. The Morgan fingerprint density at radius 3 is 2.53 bits per heavy atom. The summed E-state index contributed by atoms with van der Waals surface area (Å²) >= 11 is 0. The van der Waals surface area contributed by atoms with Gasteiger partial charge in [-0.25, -0.2) is 0 Å². The van der Waals surface area contributed by atoms with Crippen LogP contribution in [0.15, 0.2) is 0 Å². The Balaban J connectivity index is 0. The highest BCUT2D eigenvalue weighted by molar-refractivity contribution is 5.80. The molecule has 4 heteroatoms. The summed E-state index contributed by atoms with van der Waals surface area (Å²) < 4.78 is 5.21. The molecule has 0 aromatic carbocycles. The molecule has 0 aromatic heterocycles. The van der Waals surface area contributed by atoms with E-state index in [9.17, 15) is 9.59 Å². The zero-order valence-corrected chi connectivity index (χ0v) is 9.84. The summed E-state index contributed by atoms with van der Waals surface area (Å²) in [4.78, 5) is 22.0. The predicted molar refractivity (Wildman–Crippen MR) is 60.7 cm³/mol. The van der Waals surface area contributed by atoms with Gasteiger partial charge in [-0.15, -0.1) is 0 Å². The number of rotatable bonds is 8. The number of amides is 1. The lowest BCUT2D eigenvalue weighted by atomic mass is 10.1. The maximum absolute atomic E-state index is 11.2. The fourth-order valence-electron chi connectivity index (χ4n) is 0.951. The lowest BCUT2D eigenvalue weighted by Crippen LogP contribution is -2.26. The van der Waals surface area contributed by atoms with Crippen LogP contribution in [-0.4, -0.2) is 31.4 Å². The monoisotopic (exact) mass is 217 g/mol.